The van der Waals surface area contributed by atoms with Gasteiger partial charge in [0.15, 0.2) is 5.78 Å². The molecule has 0 bridgehead atoms. The van der Waals surface area contributed by atoms with Crippen molar-refractivity contribution >= 4 is 5.78 Å². The minimum absolute atomic E-state index is 0.107. The second-order valence-electron chi connectivity index (χ2n) is 6.40. The number of rotatable bonds is 3. The number of ketones is 1. The van der Waals surface area contributed by atoms with Gasteiger partial charge in [-0.2, -0.15) is 13.2 Å². The molecule has 1 atom stereocenters. The van der Waals surface area contributed by atoms with E-state index in [1.54, 1.807) is 0 Å². The Balaban J connectivity index is 1.88. The minimum Gasteiger partial charge on any atom is -0.507 e. The van der Waals surface area contributed by atoms with E-state index in [-0.39, 0.29) is 34.2 Å². The highest BCUT2D eigenvalue weighted by Gasteiger charge is 2.32. The molecule has 0 amide bonds. The summed E-state index contributed by atoms with van der Waals surface area (Å²) in [5.41, 5.74) is -0.106. The molecule has 8 heteroatoms. The van der Waals surface area contributed by atoms with E-state index in [4.69, 9.17) is 0 Å². The number of aryl methyl sites for hydroxylation is 1. The fourth-order valence-corrected chi connectivity index (χ4v) is 3.15. The standard InChI is InChI=1S/C18H18F3N3O2/c1-10-7-12(18(19,20)21)8-15(25)16(10)13-4-5-14(24-23-13)17(26)11-3-2-6-22-9-11/h4-5,7-8,11,22,25H,2-3,6,9H2,1H3. The van der Waals surface area contributed by atoms with Gasteiger partial charge in [0.25, 0.3) is 0 Å². The summed E-state index contributed by atoms with van der Waals surface area (Å²) >= 11 is 0. The van der Waals surface area contributed by atoms with E-state index in [1.165, 1.54) is 19.1 Å². The number of aromatic hydroxyl groups is 1. The highest BCUT2D eigenvalue weighted by Crippen LogP contribution is 2.38. The van der Waals surface area contributed by atoms with Gasteiger partial charge in [0, 0.05) is 18.0 Å². The number of nitrogens with zero attached hydrogens (tertiary/aromatic N) is 2. The van der Waals surface area contributed by atoms with Crippen molar-refractivity contribution in [1.29, 1.82) is 0 Å². The summed E-state index contributed by atoms with van der Waals surface area (Å²) < 4.78 is 38.5. The molecular weight excluding hydrogens is 347 g/mol. The lowest BCUT2D eigenvalue weighted by Crippen LogP contribution is -2.34. The van der Waals surface area contributed by atoms with Crippen LogP contribution in [0.5, 0.6) is 5.75 Å². The van der Waals surface area contributed by atoms with Crippen LogP contribution in [0.25, 0.3) is 11.3 Å². The van der Waals surface area contributed by atoms with Crippen LogP contribution in [-0.2, 0) is 6.18 Å². The van der Waals surface area contributed by atoms with Crippen molar-refractivity contribution in [3.8, 4) is 17.0 Å². The van der Waals surface area contributed by atoms with E-state index in [9.17, 15) is 23.1 Å². The Morgan fingerprint density at radius 2 is 2.04 bits per heavy atom. The number of piperidine rings is 1. The summed E-state index contributed by atoms with van der Waals surface area (Å²) in [6.07, 6.45) is -2.84. The molecule has 0 spiro atoms. The molecule has 1 saturated heterocycles. The summed E-state index contributed by atoms with van der Waals surface area (Å²) in [5.74, 6) is -0.781. The fraction of sp³-hybridized carbons (Fsp3) is 0.389. The number of aromatic nitrogens is 2. The Morgan fingerprint density at radius 3 is 2.58 bits per heavy atom. The summed E-state index contributed by atoms with van der Waals surface area (Å²) in [6, 6.07) is 4.60. The second kappa shape index (κ2) is 7.03. The largest absolute Gasteiger partial charge is 0.507 e. The van der Waals surface area contributed by atoms with Crippen molar-refractivity contribution in [2.45, 2.75) is 25.9 Å². The number of carbonyl (C=O) groups is 1. The molecule has 3 rings (SSSR count). The zero-order valence-corrected chi connectivity index (χ0v) is 14.1. The topological polar surface area (TPSA) is 75.1 Å². The van der Waals surface area contributed by atoms with E-state index in [1.807, 2.05) is 0 Å². The van der Waals surface area contributed by atoms with Gasteiger partial charge < -0.3 is 10.4 Å². The van der Waals surface area contributed by atoms with Gasteiger partial charge in [0.2, 0.25) is 0 Å². The molecular formula is C18H18F3N3O2. The molecule has 2 aromatic rings. The number of hydrogen-bond acceptors (Lipinski definition) is 5. The smallest absolute Gasteiger partial charge is 0.416 e. The lowest BCUT2D eigenvalue weighted by Gasteiger charge is -2.20. The summed E-state index contributed by atoms with van der Waals surface area (Å²) in [6.45, 7) is 2.95. The van der Waals surface area contributed by atoms with Gasteiger partial charge in [-0.3, -0.25) is 4.79 Å². The lowest BCUT2D eigenvalue weighted by atomic mass is 9.93. The van der Waals surface area contributed by atoms with Gasteiger partial charge in [-0.1, -0.05) is 0 Å². The molecule has 2 heterocycles. The third-order valence-corrected chi connectivity index (χ3v) is 4.48. The number of nitrogens with one attached hydrogen (secondary N) is 1. The molecule has 2 N–H and O–H groups in total. The van der Waals surface area contributed by atoms with E-state index >= 15 is 0 Å². The number of benzene rings is 1. The molecule has 1 aliphatic heterocycles. The molecule has 1 aliphatic rings. The fourth-order valence-electron chi connectivity index (χ4n) is 3.15. The molecule has 1 unspecified atom stereocenters. The van der Waals surface area contributed by atoms with Crippen molar-refractivity contribution in [3.63, 3.8) is 0 Å². The first kappa shape index (κ1) is 18.3. The van der Waals surface area contributed by atoms with Crippen LogP contribution in [0.4, 0.5) is 13.2 Å². The first-order chi connectivity index (χ1) is 12.3. The van der Waals surface area contributed by atoms with Crippen LogP contribution in [0, 0.1) is 12.8 Å². The second-order valence-corrected chi connectivity index (χ2v) is 6.40. The molecule has 0 saturated carbocycles. The Hall–Kier alpha value is -2.48. The van der Waals surface area contributed by atoms with E-state index in [2.05, 4.69) is 15.5 Å². The number of Topliss-reactive ketones (excluding diaryl/α,β-unsaturated/α-hetero) is 1. The zero-order chi connectivity index (χ0) is 18.9. The summed E-state index contributed by atoms with van der Waals surface area (Å²) in [7, 11) is 0. The number of halogens is 3. The predicted octanol–water partition coefficient (Wildman–Crippen LogP) is 3.36. The maximum atomic E-state index is 12.8. The van der Waals surface area contributed by atoms with Crippen molar-refractivity contribution in [2.24, 2.45) is 5.92 Å². The first-order valence-electron chi connectivity index (χ1n) is 8.27. The molecule has 0 aliphatic carbocycles. The number of carbonyl (C=O) groups excluding carboxylic acids is 1. The van der Waals surface area contributed by atoms with Gasteiger partial charge in [0.05, 0.1) is 11.3 Å². The molecule has 26 heavy (non-hydrogen) atoms. The van der Waals surface area contributed by atoms with E-state index < -0.39 is 17.5 Å². The molecule has 1 aromatic heterocycles. The van der Waals surface area contributed by atoms with Crippen molar-refractivity contribution in [3.05, 3.63) is 41.1 Å². The quantitative estimate of drug-likeness (QED) is 0.816. The van der Waals surface area contributed by atoms with E-state index in [0.29, 0.717) is 12.6 Å². The highest BCUT2D eigenvalue weighted by atomic mass is 19.4. The summed E-state index contributed by atoms with van der Waals surface area (Å²) in [4.78, 5) is 12.4. The SMILES string of the molecule is Cc1cc(C(F)(F)F)cc(O)c1-c1ccc(C(=O)C2CCCNC2)nn1. The van der Waals surface area contributed by atoms with Crippen LogP contribution < -0.4 is 5.32 Å². The van der Waals surface area contributed by atoms with Crippen molar-refractivity contribution < 1.29 is 23.1 Å². The van der Waals surface area contributed by atoms with Crippen LogP contribution in [0.3, 0.4) is 0 Å². The number of alkyl halides is 3. The highest BCUT2D eigenvalue weighted by molar-refractivity contribution is 5.96. The van der Waals surface area contributed by atoms with Crippen LogP contribution in [0.2, 0.25) is 0 Å². The average molecular weight is 365 g/mol. The van der Waals surface area contributed by atoms with Crippen LogP contribution in [0.1, 0.15) is 34.5 Å². The van der Waals surface area contributed by atoms with E-state index in [0.717, 1.165) is 25.5 Å². The Kier molecular flexibility index (Phi) is 4.95. The Bertz CT molecular complexity index is 790. The van der Waals surface area contributed by atoms with Gasteiger partial charge in [0.1, 0.15) is 11.4 Å². The normalized spacial score (nSPS) is 17.9. The number of phenols is 1. The van der Waals surface area contributed by atoms with Gasteiger partial charge in [-0.25, -0.2) is 0 Å². The van der Waals surface area contributed by atoms with Crippen molar-refractivity contribution in [2.75, 3.05) is 13.1 Å². The minimum atomic E-state index is -4.54. The van der Waals surface area contributed by atoms with Crippen LogP contribution in [0.15, 0.2) is 24.3 Å². The molecule has 1 aromatic carbocycles. The van der Waals surface area contributed by atoms with Crippen molar-refractivity contribution in [1.82, 2.24) is 15.5 Å². The lowest BCUT2D eigenvalue weighted by molar-refractivity contribution is -0.137. The van der Waals surface area contributed by atoms with Gasteiger partial charge in [-0.05, 0) is 56.1 Å². The first-order valence-corrected chi connectivity index (χ1v) is 8.27. The van der Waals surface area contributed by atoms with Crippen LogP contribution in [-0.4, -0.2) is 34.2 Å². The molecule has 5 nitrogen and oxygen atoms in total. The predicted molar refractivity (Wildman–Crippen MR) is 88.8 cm³/mol. The third kappa shape index (κ3) is 3.70. The Morgan fingerprint density at radius 1 is 1.27 bits per heavy atom. The molecule has 1 fully saturated rings. The molecule has 0 radical (unpaired) electrons. The monoisotopic (exact) mass is 365 g/mol. The maximum absolute atomic E-state index is 12.8. The number of phenolic OH excluding ortho intramolecular Hbond substituents is 1. The van der Waals surface area contributed by atoms with Gasteiger partial charge in [-0.15, -0.1) is 10.2 Å². The van der Waals surface area contributed by atoms with Crippen LogP contribution >= 0.6 is 0 Å². The zero-order valence-electron chi connectivity index (χ0n) is 14.1. The number of hydrogen-bond donors (Lipinski definition) is 2. The maximum Gasteiger partial charge on any atom is 0.416 e. The average Bonchev–Trinajstić information content (AvgIpc) is 2.61. The Labute approximate surface area is 148 Å². The summed E-state index contributed by atoms with van der Waals surface area (Å²) in [5, 5.41) is 21.1. The third-order valence-electron chi connectivity index (χ3n) is 4.48. The van der Waals surface area contributed by atoms with Gasteiger partial charge >= 0.3 is 6.18 Å². The molecule has 138 valence electrons.